The first-order chi connectivity index (χ1) is 8.59. The van der Waals surface area contributed by atoms with Crippen molar-refractivity contribution in [1.82, 2.24) is 9.97 Å². The zero-order chi connectivity index (χ0) is 14.4. The number of halogens is 4. The molecule has 2 nitrogen and oxygen atoms in total. The number of alkyl halides is 3. The van der Waals surface area contributed by atoms with E-state index < -0.39 is 11.7 Å². The van der Waals surface area contributed by atoms with Crippen LogP contribution in [0.15, 0.2) is 18.2 Å². The third-order valence-electron chi connectivity index (χ3n) is 2.71. The van der Waals surface area contributed by atoms with E-state index in [0.29, 0.717) is 11.1 Å². The zero-order valence-electron chi connectivity index (χ0n) is 10.6. The molecule has 0 saturated carbocycles. The van der Waals surface area contributed by atoms with E-state index in [9.17, 15) is 13.2 Å². The highest BCUT2D eigenvalue weighted by atomic mass is 35.5. The van der Waals surface area contributed by atoms with Crippen LogP contribution in [0.1, 0.15) is 32.0 Å². The van der Waals surface area contributed by atoms with Crippen LogP contribution < -0.4 is 0 Å². The van der Waals surface area contributed by atoms with Gasteiger partial charge in [-0.25, -0.2) is 9.97 Å². The summed E-state index contributed by atoms with van der Waals surface area (Å²) in [6.45, 7) is 5.76. The van der Waals surface area contributed by atoms with Gasteiger partial charge in [-0.15, -0.1) is 0 Å². The smallest absolute Gasteiger partial charge is 0.222 e. The molecule has 0 atom stereocenters. The molecule has 19 heavy (non-hydrogen) atoms. The Bertz CT molecular complexity index is 630. The van der Waals surface area contributed by atoms with Crippen LogP contribution in [0.2, 0.25) is 5.28 Å². The summed E-state index contributed by atoms with van der Waals surface area (Å²) in [6.07, 6.45) is -4.40. The van der Waals surface area contributed by atoms with Gasteiger partial charge in [-0.3, -0.25) is 0 Å². The van der Waals surface area contributed by atoms with Gasteiger partial charge in [0, 0.05) is 10.8 Å². The van der Waals surface area contributed by atoms with Crippen molar-refractivity contribution in [1.29, 1.82) is 0 Å². The molecule has 0 fully saturated rings. The van der Waals surface area contributed by atoms with E-state index in [4.69, 9.17) is 11.6 Å². The monoisotopic (exact) mass is 288 g/mol. The van der Waals surface area contributed by atoms with Crippen LogP contribution in [-0.2, 0) is 11.6 Å². The fraction of sp³-hybridized carbons (Fsp3) is 0.385. The molecule has 0 spiro atoms. The highest BCUT2D eigenvalue weighted by molar-refractivity contribution is 6.28. The van der Waals surface area contributed by atoms with Crippen LogP contribution in [0, 0.1) is 0 Å². The first-order valence-electron chi connectivity index (χ1n) is 5.64. The standard InChI is InChI=1S/C13H12ClF3N2/c1-12(2,3)10-8-5-4-7(13(15,16)17)6-9(8)18-11(14)19-10/h4-6H,1-3H3. The second-order valence-corrected chi connectivity index (χ2v) is 5.66. The summed E-state index contributed by atoms with van der Waals surface area (Å²) >= 11 is 5.79. The van der Waals surface area contributed by atoms with Gasteiger partial charge in [0.25, 0.3) is 0 Å². The molecule has 2 aromatic rings. The van der Waals surface area contributed by atoms with E-state index in [0.717, 1.165) is 12.1 Å². The molecule has 2 rings (SSSR count). The summed E-state index contributed by atoms with van der Waals surface area (Å²) in [5.41, 5.74) is -0.226. The van der Waals surface area contributed by atoms with Crippen molar-refractivity contribution in [2.45, 2.75) is 32.4 Å². The Kier molecular flexibility index (Phi) is 3.21. The van der Waals surface area contributed by atoms with E-state index in [-0.39, 0.29) is 16.2 Å². The molecule has 102 valence electrons. The third-order valence-corrected chi connectivity index (χ3v) is 2.88. The molecular weight excluding hydrogens is 277 g/mol. The SMILES string of the molecule is CC(C)(C)c1nc(Cl)nc2cc(C(F)(F)F)ccc12. The van der Waals surface area contributed by atoms with E-state index >= 15 is 0 Å². The van der Waals surface area contributed by atoms with Gasteiger partial charge in [0.2, 0.25) is 5.28 Å². The molecule has 0 aliphatic carbocycles. The summed E-state index contributed by atoms with van der Waals surface area (Å²) in [5.74, 6) is 0. The van der Waals surface area contributed by atoms with E-state index in [1.165, 1.54) is 6.07 Å². The number of rotatable bonds is 0. The van der Waals surface area contributed by atoms with Crippen molar-refractivity contribution < 1.29 is 13.2 Å². The number of nitrogens with zero attached hydrogens (tertiary/aromatic N) is 2. The molecule has 0 aliphatic rings. The van der Waals surface area contributed by atoms with Crippen LogP contribution >= 0.6 is 11.6 Å². The Morgan fingerprint density at radius 3 is 2.21 bits per heavy atom. The van der Waals surface area contributed by atoms with Crippen molar-refractivity contribution in [2.75, 3.05) is 0 Å². The minimum Gasteiger partial charge on any atom is -0.222 e. The van der Waals surface area contributed by atoms with E-state index in [1.54, 1.807) is 0 Å². The Labute approximate surface area is 113 Å². The molecule has 1 heterocycles. The summed E-state index contributed by atoms with van der Waals surface area (Å²) in [7, 11) is 0. The lowest BCUT2D eigenvalue weighted by Gasteiger charge is -2.20. The normalized spacial score (nSPS) is 13.0. The highest BCUT2D eigenvalue weighted by Gasteiger charge is 2.31. The second-order valence-electron chi connectivity index (χ2n) is 5.32. The van der Waals surface area contributed by atoms with Gasteiger partial charge in [0.05, 0.1) is 16.8 Å². The van der Waals surface area contributed by atoms with E-state index in [2.05, 4.69) is 9.97 Å². The van der Waals surface area contributed by atoms with Crippen molar-refractivity contribution >= 4 is 22.5 Å². The maximum Gasteiger partial charge on any atom is 0.416 e. The van der Waals surface area contributed by atoms with Crippen molar-refractivity contribution in [3.8, 4) is 0 Å². The van der Waals surface area contributed by atoms with Crippen molar-refractivity contribution in [3.05, 3.63) is 34.7 Å². The number of hydrogen-bond donors (Lipinski definition) is 0. The Morgan fingerprint density at radius 1 is 1.05 bits per heavy atom. The summed E-state index contributed by atoms with van der Waals surface area (Å²) < 4.78 is 38.0. The molecule has 0 bridgehead atoms. The minimum absolute atomic E-state index is 0.0447. The quantitative estimate of drug-likeness (QED) is 0.662. The van der Waals surface area contributed by atoms with Crippen LogP contribution in [0.3, 0.4) is 0 Å². The molecular formula is C13H12ClF3N2. The fourth-order valence-electron chi connectivity index (χ4n) is 1.85. The van der Waals surface area contributed by atoms with Gasteiger partial charge < -0.3 is 0 Å². The van der Waals surface area contributed by atoms with Crippen molar-refractivity contribution in [3.63, 3.8) is 0 Å². The maximum atomic E-state index is 12.7. The molecule has 6 heteroatoms. The molecule has 0 N–H and O–H groups in total. The first-order valence-corrected chi connectivity index (χ1v) is 6.02. The lowest BCUT2D eigenvalue weighted by Crippen LogP contribution is -2.15. The Hall–Kier alpha value is -1.36. The highest BCUT2D eigenvalue weighted by Crippen LogP contribution is 2.34. The summed E-state index contributed by atoms with van der Waals surface area (Å²) in [5, 5.41) is 0.543. The van der Waals surface area contributed by atoms with Crippen LogP contribution in [-0.4, -0.2) is 9.97 Å². The average Bonchev–Trinajstić information content (AvgIpc) is 2.24. The van der Waals surface area contributed by atoms with Crippen molar-refractivity contribution in [2.24, 2.45) is 0 Å². The summed E-state index contributed by atoms with van der Waals surface area (Å²) in [6, 6.07) is 3.43. The lowest BCUT2D eigenvalue weighted by molar-refractivity contribution is -0.137. The predicted molar refractivity (Wildman–Crippen MR) is 68.3 cm³/mol. The molecule has 0 radical (unpaired) electrons. The number of fused-ring (bicyclic) bond motifs is 1. The van der Waals surface area contributed by atoms with Gasteiger partial charge >= 0.3 is 6.18 Å². The Balaban J connectivity index is 2.76. The third kappa shape index (κ3) is 2.81. The van der Waals surface area contributed by atoms with Crippen LogP contribution in [0.5, 0.6) is 0 Å². The fourth-order valence-corrected chi connectivity index (χ4v) is 2.02. The summed E-state index contributed by atoms with van der Waals surface area (Å²) in [4.78, 5) is 8.02. The first kappa shape index (κ1) is 14.1. The number of aromatic nitrogens is 2. The van der Waals surface area contributed by atoms with Crippen LogP contribution in [0.25, 0.3) is 10.9 Å². The maximum absolute atomic E-state index is 12.7. The predicted octanol–water partition coefficient (Wildman–Crippen LogP) is 4.60. The van der Waals surface area contributed by atoms with Gasteiger partial charge in [-0.05, 0) is 23.7 Å². The minimum atomic E-state index is -4.40. The van der Waals surface area contributed by atoms with Gasteiger partial charge in [-0.1, -0.05) is 26.8 Å². The average molecular weight is 289 g/mol. The Morgan fingerprint density at radius 2 is 1.68 bits per heavy atom. The van der Waals surface area contributed by atoms with Crippen LogP contribution in [0.4, 0.5) is 13.2 Å². The number of benzene rings is 1. The molecule has 1 aromatic heterocycles. The molecule has 1 aromatic carbocycles. The zero-order valence-corrected chi connectivity index (χ0v) is 11.4. The van der Waals surface area contributed by atoms with Gasteiger partial charge in [-0.2, -0.15) is 13.2 Å². The molecule has 0 aliphatic heterocycles. The molecule has 0 unspecified atom stereocenters. The molecule has 0 amide bonds. The number of hydrogen-bond acceptors (Lipinski definition) is 2. The molecule has 0 saturated heterocycles. The van der Waals surface area contributed by atoms with E-state index in [1.807, 2.05) is 20.8 Å². The van der Waals surface area contributed by atoms with Gasteiger partial charge in [0.1, 0.15) is 0 Å². The second kappa shape index (κ2) is 4.34. The topological polar surface area (TPSA) is 25.8 Å². The lowest BCUT2D eigenvalue weighted by atomic mass is 9.89. The van der Waals surface area contributed by atoms with Gasteiger partial charge in [0.15, 0.2) is 0 Å². The largest absolute Gasteiger partial charge is 0.416 e.